The van der Waals surface area contributed by atoms with Crippen LogP contribution in [-0.2, 0) is 11.3 Å². The summed E-state index contributed by atoms with van der Waals surface area (Å²) in [6, 6.07) is 3.79. The van der Waals surface area contributed by atoms with Crippen LogP contribution in [0.25, 0.3) is 11.2 Å². The molecule has 8 nitrogen and oxygen atoms in total. The van der Waals surface area contributed by atoms with Gasteiger partial charge in [0.05, 0.1) is 12.8 Å². The first-order valence-electron chi connectivity index (χ1n) is 8.52. The highest BCUT2D eigenvalue weighted by Gasteiger charge is 2.25. The van der Waals surface area contributed by atoms with Gasteiger partial charge in [0.25, 0.3) is 0 Å². The second-order valence-electron chi connectivity index (χ2n) is 6.32. The Morgan fingerprint density at radius 2 is 2.24 bits per heavy atom. The van der Waals surface area contributed by atoms with Crippen LogP contribution in [0.3, 0.4) is 0 Å². The molecule has 0 radical (unpaired) electrons. The number of nitrogens with zero attached hydrogens (tertiary/aromatic N) is 5. The van der Waals surface area contributed by atoms with E-state index in [9.17, 15) is 0 Å². The molecule has 0 aromatic carbocycles. The van der Waals surface area contributed by atoms with Crippen LogP contribution in [0, 0.1) is 0 Å². The van der Waals surface area contributed by atoms with Crippen LogP contribution in [0.5, 0.6) is 0 Å². The van der Waals surface area contributed by atoms with E-state index in [0.29, 0.717) is 12.4 Å². The molecule has 1 aliphatic rings. The molecule has 1 atom stereocenters. The molecular formula is C17H22N6O2. The predicted molar refractivity (Wildman–Crippen MR) is 94.5 cm³/mol. The van der Waals surface area contributed by atoms with Crippen molar-refractivity contribution in [2.75, 3.05) is 30.9 Å². The monoisotopic (exact) mass is 342 g/mol. The largest absolute Gasteiger partial charge is 0.467 e. The number of ether oxygens (including phenoxy) is 1. The zero-order valence-corrected chi connectivity index (χ0v) is 14.5. The molecular weight excluding hydrogens is 320 g/mol. The molecule has 132 valence electrons. The quantitative estimate of drug-likeness (QED) is 0.763. The smallest absolute Gasteiger partial charge is 0.209 e. The van der Waals surface area contributed by atoms with E-state index in [-0.39, 0.29) is 6.23 Å². The number of fused-ring (bicyclic) bond motifs is 1. The summed E-state index contributed by atoms with van der Waals surface area (Å²) in [6.07, 6.45) is 6.39. The van der Waals surface area contributed by atoms with Crippen LogP contribution in [0.1, 0.15) is 31.3 Å². The Hall–Kier alpha value is -2.61. The van der Waals surface area contributed by atoms with Gasteiger partial charge in [-0.05, 0) is 31.4 Å². The molecule has 4 heterocycles. The molecule has 25 heavy (non-hydrogen) atoms. The van der Waals surface area contributed by atoms with Crippen molar-refractivity contribution in [3.05, 3.63) is 30.5 Å². The van der Waals surface area contributed by atoms with Crippen LogP contribution in [0.4, 0.5) is 11.8 Å². The van der Waals surface area contributed by atoms with Gasteiger partial charge >= 0.3 is 0 Å². The van der Waals surface area contributed by atoms with Gasteiger partial charge in [-0.25, -0.2) is 15.0 Å². The SMILES string of the molecule is CN(C)c1nc2c(NCc3ccco3)ncnc2n1C1CCCCO1. The van der Waals surface area contributed by atoms with Crippen molar-refractivity contribution >= 4 is 22.9 Å². The summed E-state index contributed by atoms with van der Waals surface area (Å²) in [5.74, 6) is 2.36. The fourth-order valence-electron chi connectivity index (χ4n) is 3.12. The standard InChI is InChI=1S/C17H22N6O2/c1-22(2)17-21-14-15(18-10-12-6-5-9-24-12)19-11-20-16(14)23(17)13-7-3-4-8-25-13/h5-6,9,11,13H,3-4,7-8,10H2,1-2H3,(H,18,19,20). The average molecular weight is 342 g/mol. The van der Waals surface area contributed by atoms with Crippen LogP contribution in [-0.4, -0.2) is 40.2 Å². The maximum absolute atomic E-state index is 5.98. The first-order chi connectivity index (χ1) is 12.2. The molecule has 3 aromatic heterocycles. The zero-order chi connectivity index (χ0) is 17.2. The van der Waals surface area contributed by atoms with E-state index in [1.54, 1.807) is 12.6 Å². The summed E-state index contributed by atoms with van der Waals surface area (Å²) < 4.78 is 13.4. The second kappa shape index (κ2) is 6.72. The van der Waals surface area contributed by atoms with Crippen molar-refractivity contribution < 1.29 is 9.15 Å². The minimum Gasteiger partial charge on any atom is -0.467 e. The Bertz CT molecular complexity index is 836. The van der Waals surface area contributed by atoms with Crippen LogP contribution >= 0.6 is 0 Å². The summed E-state index contributed by atoms with van der Waals surface area (Å²) in [7, 11) is 3.95. The number of imidazole rings is 1. The van der Waals surface area contributed by atoms with E-state index in [4.69, 9.17) is 14.1 Å². The van der Waals surface area contributed by atoms with E-state index in [1.165, 1.54) is 0 Å². The molecule has 1 unspecified atom stereocenters. The first-order valence-corrected chi connectivity index (χ1v) is 8.52. The number of anilines is 2. The number of hydrogen-bond donors (Lipinski definition) is 1. The molecule has 0 spiro atoms. The number of furan rings is 1. The van der Waals surface area contributed by atoms with Crippen molar-refractivity contribution in [3.63, 3.8) is 0 Å². The topological polar surface area (TPSA) is 81.2 Å². The van der Waals surface area contributed by atoms with Gasteiger partial charge in [-0.2, -0.15) is 0 Å². The lowest BCUT2D eigenvalue weighted by Gasteiger charge is -2.26. The van der Waals surface area contributed by atoms with Crippen LogP contribution < -0.4 is 10.2 Å². The minimum absolute atomic E-state index is 0.0380. The molecule has 8 heteroatoms. The third kappa shape index (κ3) is 3.05. The van der Waals surface area contributed by atoms with Crippen LogP contribution in [0.15, 0.2) is 29.1 Å². The minimum atomic E-state index is -0.0380. The molecule has 1 fully saturated rings. The normalized spacial score (nSPS) is 17.8. The highest BCUT2D eigenvalue weighted by molar-refractivity contribution is 5.85. The predicted octanol–water partition coefficient (Wildman–Crippen LogP) is 2.80. The molecule has 0 aliphatic carbocycles. The number of aromatic nitrogens is 4. The zero-order valence-electron chi connectivity index (χ0n) is 14.5. The molecule has 1 N–H and O–H groups in total. The lowest BCUT2D eigenvalue weighted by molar-refractivity contribution is -0.0288. The molecule has 0 amide bonds. The Balaban J connectivity index is 1.73. The van der Waals surface area contributed by atoms with E-state index in [1.807, 2.05) is 31.1 Å². The van der Waals surface area contributed by atoms with Crippen molar-refractivity contribution in [3.8, 4) is 0 Å². The molecule has 3 aromatic rings. The summed E-state index contributed by atoms with van der Waals surface area (Å²) in [6.45, 7) is 1.31. The van der Waals surface area contributed by atoms with Gasteiger partial charge in [0.2, 0.25) is 5.95 Å². The first kappa shape index (κ1) is 15.9. The van der Waals surface area contributed by atoms with Gasteiger partial charge in [-0.3, -0.25) is 4.57 Å². The number of rotatable bonds is 5. The maximum atomic E-state index is 5.98. The van der Waals surface area contributed by atoms with Gasteiger partial charge < -0.3 is 19.4 Å². The molecule has 4 rings (SSSR count). The molecule has 1 saturated heterocycles. The Morgan fingerprint density at radius 1 is 1.32 bits per heavy atom. The second-order valence-corrected chi connectivity index (χ2v) is 6.32. The van der Waals surface area contributed by atoms with Gasteiger partial charge in [0.1, 0.15) is 18.3 Å². The van der Waals surface area contributed by atoms with Gasteiger partial charge in [-0.1, -0.05) is 0 Å². The van der Waals surface area contributed by atoms with Crippen molar-refractivity contribution in [1.29, 1.82) is 0 Å². The highest BCUT2D eigenvalue weighted by Crippen LogP contribution is 2.32. The van der Waals surface area contributed by atoms with Gasteiger partial charge in [-0.15, -0.1) is 0 Å². The average Bonchev–Trinajstić information content (AvgIpc) is 3.28. The lowest BCUT2D eigenvalue weighted by Crippen LogP contribution is -2.23. The Kier molecular flexibility index (Phi) is 4.27. The van der Waals surface area contributed by atoms with E-state index in [2.05, 4.69) is 19.9 Å². The third-order valence-electron chi connectivity index (χ3n) is 4.31. The number of nitrogens with one attached hydrogen (secondary N) is 1. The summed E-state index contributed by atoms with van der Waals surface area (Å²) in [5, 5.41) is 3.29. The van der Waals surface area contributed by atoms with Gasteiger partial charge in [0.15, 0.2) is 17.0 Å². The maximum Gasteiger partial charge on any atom is 0.209 e. The van der Waals surface area contributed by atoms with Crippen molar-refractivity contribution in [2.45, 2.75) is 32.0 Å². The Labute approximate surface area is 145 Å². The fourth-order valence-corrected chi connectivity index (χ4v) is 3.12. The lowest BCUT2D eigenvalue weighted by atomic mass is 10.2. The molecule has 0 bridgehead atoms. The van der Waals surface area contributed by atoms with E-state index >= 15 is 0 Å². The van der Waals surface area contributed by atoms with Crippen molar-refractivity contribution in [1.82, 2.24) is 19.5 Å². The Morgan fingerprint density at radius 3 is 2.96 bits per heavy atom. The van der Waals surface area contributed by atoms with E-state index in [0.717, 1.165) is 48.7 Å². The third-order valence-corrected chi connectivity index (χ3v) is 4.31. The highest BCUT2D eigenvalue weighted by atomic mass is 16.5. The van der Waals surface area contributed by atoms with Crippen molar-refractivity contribution in [2.24, 2.45) is 0 Å². The molecule has 0 saturated carbocycles. The van der Waals surface area contributed by atoms with Gasteiger partial charge in [0, 0.05) is 20.7 Å². The van der Waals surface area contributed by atoms with Crippen LogP contribution in [0.2, 0.25) is 0 Å². The fraction of sp³-hybridized carbons (Fsp3) is 0.471. The summed E-state index contributed by atoms with van der Waals surface area (Å²) in [4.78, 5) is 15.6. The summed E-state index contributed by atoms with van der Waals surface area (Å²) >= 11 is 0. The van der Waals surface area contributed by atoms with E-state index < -0.39 is 0 Å². The summed E-state index contributed by atoms with van der Waals surface area (Å²) in [5.41, 5.74) is 1.53. The number of hydrogen-bond acceptors (Lipinski definition) is 7. The molecule has 1 aliphatic heterocycles.